The third-order valence-corrected chi connectivity index (χ3v) is 4.24. The number of terminal acetylenes is 1. The molecule has 1 aliphatic carbocycles. The van der Waals surface area contributed by atoms with Gasteiger partial charge in [0.25, 0.3) is 0 Å². The lowest BCUT2D eigenvalue weighted by Gasteiger charge is -2.19. The van der Waals surface area contributed by atoms with Crippen LogP contribution in [0.25, 0.3) is 0 Å². The lowest BCUT2D eigenvalue weighted by Crippen LogP contribution is -2.34. The van der Waals surface area contributed by atoms with Crippen molar-refractivity contribution in [2.75, 3.05) is 13.1 Å². The van der Waals surface area contributed by atoms with E-state index in [4.69, 9.17) is 6.42 Å². The molecule has 2 nitrogen and oxygen atoms in total. The molecule has 1 fully saturated rings. The van der Waals surface area contributed by atoms with Crippen molar-refractivity contribution in [1.29, 1.82) is 0 Å². The summed E-state index contributed by atoms with van der Waals surface area (Å²) >= 11 is 0. The molecule has 0 aromatic carbocycles. The van der Waals surface area contributed by atoms with Gasteiger partial charge in [-0.1, -0.05) is 33.6 Å². The summed E-state index contributed by atoms with van der Waals surface area (Å²) in [7, 11) is 0. The summed E-state index contributed by atoms with van der Waals surface area (Å²) in [5.74, 6) is 2.88. The van der Waals surface area contributed by atoms with Crippen molar-refractivity contribution in [3.63, 3.8) is 0 Å². The van der Waals surface area contributed by atoms with Gasteiger partial charge in [-0.05, 0) is 17.8 Å². The SMILES string of the molecule is C#CCN(CC)C(=O)C1C(C)(C)C1(C)C. The molecule has 0 aromatic rings. The van der Waals surface area contributed by atoms with Gasteiger partial charge in [-0.2, -0.15) is 0 Å². The first-order valence-corrected chi connectivity index (χ1v) is 5.53. The molecule has 0 bridgehead atoms. The Labute approximate surface area is 93.0 Å². The van der Waals surface area contributed by atoms with Crippen molar-refractivity contribution >= 4 is 5.91 Å². The Morgan fingerprint density at radius 2 is 1.80 bits per heavy atom. The summed E-state index contributed by atoms with van der Waals surface area (Å²) < 4.78 is 0. The first-order chi connectivity index (χ1) is 6.80. The molecule has 0 aromatic heterocycles. The lowest BCUT2D eigenvalue weighted by molar-refractivity contribution is -0.133. The van der Waals surface area contributed by atoms with Gasteiger partial charge in [0.1, 0.15) is 0 Å². The molecular weight excluding hydrogens is 186 g/mol. The predicted octanol–water partition coefficient (Wildman–Crippen LogP) is 2.15. The molecule has 0 aliphatic heterocycles. The molecule has 0 heterocycles. The van der Waals surface area contributed by atoms with Crippen LogP contribution < -0.4 is 0 Å². The average molecular weight is 207 g/mol. The number of rotatable bonds is 3. The Balaban J connectivity index is 2.76. The maximum atomic E-state index is 12.2. The van der Waals surface area contributed by atoms with Crippen LogP contribution in [0.5, 0.6) is 0 Å². The van der Waals surface area contributed by atoms with Gasteiger partial charge < -0.3 is 4.90 Å². The molecule has 1 rings (SSSR count). The Kier molecular flexibility index (Phi) is 2.87. The molecule has 15 heavy (non-hydrogen) atoms. The van der Waals surface area contributed by atoms with Crippen LogP contribution >= 0.6 is 0 Å². The van der Waals surface area contributed by atoms with E-state index in [0.29, 0.717) is 13.1 Å². The van der Waals surface area contributed by atoms with Gasteiger partial charge in [0.2, 0.25) is 5.91 Å². The van der Waals surface area contributed by atoms with E-state index in [1.165, 1.54) is 0 Å². The first kappa shape index (κ1) is 12.1. The van der Waals surface area contributed by atoms with Gasteiger partial charge in [-0.3, -0.25) is 4.79 Å². The zero-order chi connectivity index (χ0) is 11.9. The van der Waals surface area contributed by atoms with Gasteiger partial charge >= 0.3 is 0 Å². The van der Waals surface area contributed by atoms with Crippen molar-refractivity contribution < 1.29 is 4.79 Å². The largest absolute Gasteiger partial charge is 0.332 e. The predicted molar refractivity (Wildman–Crippen MR) is 62.1 cm³/mol. The van der Waals surface area contributed by atoms with Gasteiger partial charge in [-0.15, -0.1) is 6.42 Å². The van der Waals surface area contributed by atoms with Crippen LogP contribution in [0.1, 0.15) is 34.6 Å². The molecule has 1 aliphatic rings. The molecule has 0 saturated heterocycles. The summed E-state index contributed by atoms with van der Waals surface area (Å²) in [6, 6.07) is 0. The molecule has 0 radical (unpaired) electrons. The van der Waals surface area contributed by atoms with Gasteiger partial charge in [-0.25, -0.2) is 0 Å². The Hall–Kier alpha value is -0.970. The highest BCUT2D eigenvalue weighted by Gasteiger charge is 2.68. The number of carbonyl (C=O) groups is 1. The van der Waals surface area contributed by atoms with Crippen LogP contribution in [0.2, 0.25) is 0 Å². The van der Waals surface area contributed by atoms with Crippen molar-refractivity contribution in [2.24, 2.45) is 16.7 Å². The molecule has 0 atom stereocenters. The second-order valence-corrected chi connectivity index (χ2v) is 5.43. The van der Waals surface area contributed by atoms with Crippen LogP contribution in [0.15, 0.2) is 0 Å². The van der Waals surface area contributed by atoms with Crippen LogP contribution in [0, 0.1) is 29.1 Å². The van der Waals surface area contributed by atoms with E-state index >= 15 is 0 Å². The number of amides is 1. The topological polar surface area (TPSA) is 20.3 Å². The molecule has 1 saturated carbocycles. The van der Waals surface area contributed by atoms with Crippen LogP contribution in [0.4, 0.5) is 0 Å². The minimum absolute atomic E-state index is 0.103. The Morgan fingerprint density at radius 1 is 1.33 bits per heavy atom. The number of nitrogens with zero attached hydrogens (tertiary/aromatic N) is 1. The molecule has 2 heteroatoms. The zero-order valence-corrected chi connectivity index (χ0v) is 10.4. The summed E-state index contributed by atoms with van der Waals surface area (Å²) in [6.07, 6.45) is 5.25. The van der Waals surface area contributed by atoms with Gasteiger partial charge in [0, 0.05) is 12.5 Å². The van der Waals surface area contributed by atoms with E-state index in [-0.39, 0.29) is 22.7 Å². The standard InChI is InChI=1S/C13H21NO/c1-7-9-14(8-2)11(15)10-12(3,4)13(10,5)6/h1,10H,8-9H2,2-6H3. The van der Waals surface area contributed by atoms with Gasteiger partial charge in [0.05, 0.1) is 6.54 Å². The Morgan fingerprint density at radius 3 is 2.07 bits per heavy atom. The monoisotopic (exact) mass is 207 g/mol. The zero-order valence-electron chi connectivity index (χ0n) is 10.4. The van der Waals surface area contributed by atoms with Crippen LogP contribution in [-0.2, 0) is 4.79 Å². The third-order valence-electron chi connectivity index (χ3n) is 4.24. The summed E-state index contributed by atoms with van der Waals surface area (Å²) in [5, 5.41) is 0. The second kappa shape index (κ2) is 3.56. The highest BCUT2D eigenvalue weighted by Crippen LogP contribution is 2.68. The number of carbonyl (C=O) groups excluding carboxylic acids is 1. The Bertz CT molecular complexity index is 295. The molecule has 0 spiro atoms. The molecular formula is C13H21NO. The molecule has 1 amide bonds. The van der Waals surface area contributed by atoms with Crippen molar-refractivity contribution in [1.82, 2.24) is 4.90 Å². The van der Waals surface area contributed by atoms with E-state index in [1.54, 1.807) is 4.90 Å². The highest BCUT2D eigenvalue weighted by molar-refractivity contribution is 5.84. The second-order valence-electron chi connectivity index (χ2n) is 5.43. The fourth-order valence-corrected chi connectivity index (χ4v) is 2.45. The fraction of sp³-hybridized carbons (Fsp3) is 0.769. The van der Waals surface area contributed by atoms with E-state index in [2.05, 4.69) is 33.6 Å². The van der Waals surface area contributed by atoms with Crippen molar-refractivity contribution in [2.45, 2.75) is 34.6 Å². The third kappa shape index (κ3) is 1.65. The molecule has 0 unspecified atom stereocenters. The van der Waals surface area contributed by atoms with Crippen LogP contribution in [0.3, 0.4) is 0 Å². The van der Waals surface area contributed by atoms with E-state index in [1.807, 2.05) is 6.92 Å². The molecule has 84 valence electrons. The highest BCUT2D eigenvalue weighted by atomic mass is 16.2. The maximum absolute atomic E-state index is 12.2. The fourth-order valence-electron chi connectivity index (χ4n) is 2.45. The quantitative estimate of drug-likeness (QED) is 0.649. The van der Waals surface area contributed by atoms with E-state index in [9.17, 15) is 4.79 Å². The summed E-state index contributed by atoms with van der Waals surface area (Å²) in [6.45, 7) is 11.7. The number of hydrogen-bond acceptors (Lipinski definition) is 1. The average Bonchev–Trinajstić information content (AvgIpc) is 2.52. The van der Waals surface area contributed by atoms with Crippen LogP contribution in [-0.4, -0.2) is 23.9 Å². The lowest BCUT2D eigenvalue weighted by atomic mass is 10.0. The smallest absolute Gasteiger partial charge is 0.227 e. The maximum Gasteiger partial charge on any atom is 0.227 e. The van der Waals surface area contributed by atoms with E-state index in [0.717, 1.165) is 0 Å². The summed E-state index contributed by atoms with van der Waals surface area (Å²) in [5.41, 5.74) is 0.207. The van der Waals surface area contributed by atoms with Crippen molar-refractivity contribution in [3.05, 3.63) is 0 Å². The molecule has 0 N–H and O–H groups in total. The number of hydrogen-bond donors (Lipinski definition) is 0. The van der Waals surface area contributed by atoms with Gasteiger partial charge in [0.15, 0.2) is 0 Å². The van der Waals surface area contributed by atoms with Crippen molar-refractivity contribution in [3.8, 4) is 12.3 Å². The first-order valence-electron chi connectivity index (χ1n) is 5.53. The summed E-state index contributed by atoms with van der Waals surface area (Å²) in [4.78, 5) is 14.0. The minimum atomic E-state index is 0.103. The normalized spacial score (nSPS) is 21.9. The van der Waals surface area contributed by atoms with E-state index < -0.39 is 0 Å². The minimum Gasteiger partial charge on any atom is -0.332 e.